The summed E-state index contributed by atoms with van der Waals surface area (Å²) in [4.78, 5) is 11.4. The molecule has 0 amide bonds. The summed E-state index contributed by atoms with van der Waals surface area (Å²) in [6.07, 6.45) is -4.73. The summed E-state index contributed by atoms with van der Waals surface area (Å²) in [7, 11) is 0. The second-order valence-electron chi connectivity index (χ2n) is 3.13. The molecule has 0 saturated carbocycles. The molecule has 1 rings (SSSR count). The Morgan fingerprint density at radius 2 is 1.82 bits per heavy atom. The first kappa shape index (κ1) is 13.5. The number of halogens is 3. The molecule has 0 heterocycles. The monoisotopic (exact) mass is 248 g/mol. The van der Waals surface area contributed by atoms with Crippen LogP contribution in [-0.4, -0.2) is 25.4 Å². The minimum Gasteiger partial charge on any atom is -0.406 e. The van der Waals surface area contributed by atoms with Gasteiger partial charge in [0.25, 0.3) is 0 Å². The third-order valence-corrected chi connectivity index (χ3v) is 1.85. The Morgan fingerprint density at radius 1 is 1.24 bits per heavy atom. The molecule has 0 aliphatic rings. The lowest BCUT2D eigenvalue weighted by Crippen LogP contribution is -2.17. The van der Waals surface area contributed by atoms with E-state index in [1.807, 2.05) is 0 Å². The number of ketones is 1. The molecule has 0 N–H and O–H groups in total. The lowest BCUT2D eigenvalue weighted by atomic mass is 10.1. The van der Waals surface area contributed by atoms with E-state index in [2.05, 4.69) is 4.74 Å². The first-order valence-electron chi connectivity index (χ1n) is 4.89. The molecule has 0 aliphatic heterocycles. The van der Waals surface area contributed by atoms with Crippen LogP contribution in [0.2, 0.25) is 0 Å². The maximum atomic E-state index is 11.9. The van der Waals surface area contributed by atoms with Crippen LogP contribution in [0.25, 0.3) is 0 Å². The van der Waals surface area contributed by atoms with E-state index in [1.165, 1.54) is 12.1 Å². The van der Waals surface area contributed by atoms with Crippen LogP contribution in [0.1, 0.15) is 17.3 Å². The number of carbonyl (C=O) groups is 1. The van der Waals surface area contributed by atoms with Crippen molar-refractivity contribution in [3.05, 3.63) is 29.8 Å². The van der Waals surface area contributed by atoms with Gasteiger partial charge in [-0.25, -0.2) is 0 Å². The van der Waals surface area contributed by atoms with Crippen molar-refractivity contribution in [1.29, 1.82) is 0 Å². The van der Waals surface area contributed by atoms with Crippen LogP contribution in [0.5, 0.6) is 5.75 Å². The third kappa shape index (κ3) is 4.86. The second kappa shape index (κ2) is 5.67. The highest BCUT2D eigenvalue weighted by atomic mass is 19.4. The van der Waals surface area contributed by atoms with E-state index in [-0.39, 0.29) is 23.7 Å². The van der Waals surface area contributed by atoms with Crippen molar-refractivity contribution in [3.8, 4) is 5.75 Å². The molecule has 17 heavy (non-hydrogen) atoms. The second-order valence-corrected chi connectivity index (χ2v) is 3.13. The number of benzene rings is 1. The number of hydrogen-bond donors (Lipinski definition) is 0. The molecule has 0 fully saturated rings. The van der Waals surface area contributed by atoms with Crippen molar-refractivity contribution in [1.82, 2.24) is 0 Å². The Labute approximate surface area is 96.1 Å². The molecule has 0 radical (unpaired) electrons. The Kier molecular flexibility index (Phi) is 4.51. The van der Waals surface area contributed by atoms with Gasteiger partial charge in [0.15, 0.2) is 5.78 Å². The molecule has 0 unspecified atom stereocenters. The molecule has 0 spiro atoms. The zero-order valence-electron chi connectivity index (χ0n) is 9.08. The zero-order chi connectivity index (χ0) is 12.9. The Balaban J connectivity index is 2.64. The van der Waals surface area contributed by atoms with E-state index in [9.17, 15) is 18.0 Å². The van der Waals surface area contributed by atoms with Gasteiger partial charge >= 0.3 is 6.36 Å². The molecule has 0 aliphatic carbocycles. The largest absolute Gasteiger partial charge is 0.573 e. The fourth-order valence-corrected chi connectivity index (χ4v) is 1.12. The molecule has 3 nitrogen and oxygen atoms in total. The number of Topliss-reactive ketones (excluding diaryl/α,β-unsaturated/α-hetero) is 1. The van der Waals surface area contributed by atoms with Gasteiger partial charge in [-0.1, -0.05) is 0 Å². The maximum absolute atomic E-state index is 11.9. The maximum Gasteiger partial charge on any atom is 0.573 e. The summed E-state index contributed by atoms with van der Waals surface area (Å²) in [6, 6.07) is 4.71. The molecule has 1 aromatic rings. The minimum absolute atomic E-state index is 0.0873. The topological polar surface area (TPSA) is 35.5 Å². The van der Waals surface area contributed by atoms with Crippen LogP contribution in [0.3, 0.4) is 0 Å². The van der Waals surface area contributed by atoms with Gasteiger partial charge in [0.2, 0.25) is 0 Å². The normalized spacial score (nSPS) is 11.3. The molecular formula is C11H11F3O3. The first-order valence-corrected chi connectivity index (χ1v) is 4.89. The Hall–Kier alpha value is -1.56. The average molecular weight is 248 g/mol. The van der Waals surface area contributed by atoms with Crippen LogP contribution in [-0.2, 0) is 4.74 Å². The Morgan fingerprint density at radius 3 is 2.29 bits per heavy atom. The van der Waals surface area contributed by atoms with Gasteiger partial charge in [-0.3, -0.25) is 4.79 Å². The lowest BCUT2D eigenvalue weighted by molar-refractivity contribution is -0.274. The molecule has 94 valence electrons. The fraction of sp³-hybridized carbons (Fsp3) is 0.364. The molecule has 0 saturated heterocycles. The van der Waals surface area contributed by atoms with Crippen molar-refractivity contribution in [2.45, 2.75) is 13.3 Å². The SMILES string of the molecule is CCOCC(=O)c1ccc(OC(F)(F)F)cc1. The van der Waals surface area contributed by atoms with Crippen LogP contribution in [0.15, 0.2) is 24.3 Å². The summed E-state index contributed by atoms with van der Waals surface area (Å²) in [5, 5.41) is 0. The van der Waals surface area contributed by atoms with E-state index in [4.69, 9.17) is 4.74 Å². The summed E-state index contributed by atoms with van der Waals surface area (Å²) < 4.78 is 44.1. The number of hydrogen-bond acceptors (Lipinski definition) is 3. The van der Waals surface area contributed by atoms with E-state index >= 15 is 0 Å². The van der Waals surface area contributed by atoms with Gasteiger partial charge in [-0.05, 0) is 31.2 Å². The number of carbonyl (C=O) groups excluding carboxylic acids is 1. The van der Waals surface area contributed by atoms with E-state index in [0.717, 1.165) is 12.1 Å². The molecule has 0 aromatic heterocycles. The Bertz CT molecular complexity index is 371. The van der Waals surface area contributed by atoms with E-state index in [1.54, 1.807) is 6.92 Å². The van der Waals surface area contributed by atoms with Crippen LogP contribution in [0, 0.1) is 0 Å². The predicted molar refractivity (Wildman–Crippen MR) is 53.9 cm³/mol. The van der Waals surface area contributed by atoms with Crippen molar-refractivity contribution < 1.29 is 27.4 Å². The van der Waals surface area contributed by atoms with Gasteiger partial charge < -0.3 is 9.47 Å². The smallest absolute Gasteiger partial charge is 0.406 e. The van der Waals surface area contributed by atoms with Gasteiger partial charge in [-0.15, -0.1) is 13.2 Å². The highest BCUT2D eigenvalue weighted by Gasteiger charge is 2.31. The van der Waals surface area contributed by atoms with Crippen LogP contribution in [0.4, 0.5) is 13.2 Å². The van der Waals surface area contributed by atoms with Crippen molar-refractivity contribution in [2.75, 3.05) is 13.2 Å². The van der Waals surface area contributed by atoms with Gasteiger partial charge in [0.1, 0.15) is 12.4 Å². The number of rotatable bonds is 5. The van der Waals surface area contributed by atoms with Gasteiger partial charge in [-0.2, -0.15) is 0 Å². The summed E-state index contributed by atoms with van der Waals surface area (Å²) in [5.41, 5.74) is 0.285. The first-order chi connectivity index (χ1) is 7.92. The minimum atomic E-state index is -4.73. The van der Waals surface area contributed by atoms with Crippen molar-refractivity contribution in [3.63, 3.8) is 0 Å². The highest BCUT2D eigenvalue weighted by molar-refractivity contribution is 5.97. The number of alkyl halides is 3. The molecule has 6 heteroatoms. The summed E-state index contributed by atoms with van der Waals surface area (Å²) in [5.74, 6) is -0.643. The molecule has 1 aromatic carbocycles. The molecular weight excluding hydrogens is 237 g/mol. The standard InChI is InChI=1S/C11H11F3O3/c1-2-16-7-10(15)8-3-5-9(6-4-8)17-11(12,13)14/h3-6H,2,7H2,1H3. The van der Waals surface area contributed by atoms with Crippen molar-refractivity contribution >= 4 is 5.78 Å². The van der Waals surface area contributed by atoms with Gasteiger partial charge in [0.05, 0.1) is 0 Å². The molecule has 0 bridgehead atoms. The average Bonchev–Trinajstić information content (AvgIpc) is 2.24. The van der Waals surface area contributed by atoms with Crippen molar-refractivity contribution in [2.24, 2.45) is 0 Å². The summed E-state index contributed by atoms with van der Waals surface area (Å²) in [6.45, 7) is 2.06. The fourth-order valence-electron chi connectivity index (χ4n) is 1.12. The van der Waals surface area contributed by atoms with Crippen LogP contribution >= 0.6 is 0 Å². The van der Waals surface area contributed by atoms with E-state index < -0.39 is 6.36 Å². The zero-order valence-corrected chi connectivity index (χ0v) is 9.08. The van der Waals surface area contributed by atoms with Gasteiger partial charge in [0, 0.05) is 12.2 Å². The lowest BCUT2D eigenvalue weighted by Gasteiger charge is -2.08. The quantitative estimate of drug-likeness (QED) is 0.751. The summed E-state index contributed by atoms with van der Waals surface area (Å²) >= 11 is 0. The molecule has 0 atom stereocenters. The highest BCUT2D eigenvalue weighted by Crippen LogP contribution is 2.22. The number of ether oxygens (including phenoxy) is 2. The predicted octanol–water partition coefficient (Wildman–Crippen LogP) is 2.80. The van der Waals surface area contributed by atoms with Crippen LogP contribution < -0.4 is 4.74 Å². The third-order valence-electron chi connectivity index (χ3n) is 1.85. The van der Waals surface area contributed by atoms with E-state index in [0.29, 0.717) is 6.61 Å².